The summed E-state index contributed by atoms with van der Waals surface area (Å²) in [6.07, 6.45) is 1.14. The normalized spacial score (nSPS) is 29.7. The summed E-state index contributed by atoms with van der Waals surface area (Å²) in [5.74, 6) is -0.0271. The fraction of sp³-hybridized carbons (Fsp3) is 0.833. The van der Waals surface area contributed by atoms with Gasteiger partial charge in [-0.15, -0.1) is 11.8 Å². The SMILES string of the molecule is CC12CCC(=O)N1C(C(=O)NC(CO)(CO)CO)CS2. The second-order valence-electron chi connectivity index (χ2n) is 5.51. The number of nitrogens with zero attached hydrogens (tertiary/aromatic N) is 1. The minimum atomic E-state index is -1.45. The van der Waals surface area contributed by atoms with E-state index in [-0.39, 0.29) is 10.8 Å². The van der Waals surface area contributed by atoms with Crippen LogP contribution in [0.25, 0.3) is 0 Å². The number of nitrogens with one attached hydrogen (secondary N) is 1. The molecule has 20 heavy (non-hydrogen) atoms. The van der Waals surface area contributed by atoms with Crippen molar-refractivity contribution in [2.24, 2.45) is 0 Å². The lowest BCUT2D eigenvalue weighted by molar-refractivity contribution is -0.139. The van der Waals surface area contributed by atoms with Gasteiger partial charge in [0.15, 0.2) is 0 Å². The summed E-state index contributed by atoms with van der Waals surface area (Å²) in [4.78, 5) is 25.5. The molecule has 2 rings (SSSR count). The molecule has 2 amide bonds. The number of carbonyl (C=O) groups excluding carboxylic acids is 2. The Kier molecular flexibility index (Phi) is 4.29. The van der Waals surface area contributed by atoms with Crippen LogP contribution in [0.2, 0.25) is 0 Å². The molecule has 2 aliphatic rings. The van der Waals surface area contributed by atoms with Gasteiger partial charge in [-0.25, -0.2) is 0 Å². The molecule has 2 heterocycles. The predicted molar refractivity (Wildman–Crippen MR) is 72.9 cm³/mol. The monoisotopic (exact) mass is 304 g/mol. The van der Waals surface area contributed by atoms with Crippen molar-refractivity contribution < 1.29 is 24.9 Å². The minimum Gasteiger partial charge on any atom is -0.394 e. The Bertz CT molecular complexity index is 406. The molecule has 0 aromatic rings. The largest absolute Gasteiger partial charge is 0.394 e. The van der Waals surface area contributed by atoms with Crippen molar-refractivity contribution >= 4 is 23.6 Å². The van der Waals surface area contributed by atoms with Crippen LogP contribution in [0.5, 0.6) is 0 Å². The number of amides is 2. The molecule has 0 aromatic carbocycles. The van der Waals surface area contributed by atoms with E-state index < -0.39 is 37.3 Å². The number of aliphatic hydroxyl groups is 3. The smallest absolute Gasteiger partial charge is 0.244 e. The minimum absolute atomic E-state index is 0.0553. The molecule has 2 atom stereocenters. The highest BCUT2D eigenvalue weighted by Crippen LogP contribution is 2.47. The Hall–Kier alpha value is -0.830. The van der Waals surface area contributed by atoms with Gasteiger partial charge in [-0.05, 0) is 13.3 Å². The van der Waals surface area contributed by atoms with E-state index in [9.17, 15) is 24.9 Å². The first-order valence-corrected chi connectivity index (χ1v) is 7.51. The molecule has 0 spiro atoms. The lowest BCUT2D eigenvalue weighted by Crippen LogP contribution is -2.61. The molecule has 2 unspecified atom stereocenters. The molecule has 0 radical (unpaired) electrons. The zero-order valence-corrected chi connectivity index (χ0v) is 12.2. The van der Waals surface area contributed by atoms with Crippen LogP contribution < -0.4 is 5.32 Å². The van der Waals surface area contributed by atoms with Crippen molar-refractivity contribution in [3.05, 3.63) is 0 Å². The number of rotatable bonds is 5. The number of aliphatic hydroxyl groups excluding tert-OH is 3. The Balaban J connectivity index is 2.12. The van der Waals surface area contributed by atoms with Crippen molar-refractivity contribution in [3.8, 4) is 0 Å². The van der Waals surface area contributed by atoms with E-state index >= 15 is 0 Å². The molecule has 0 saturated carbocycles. The van der Waals surface area contributed by atoms with Gasteiger partial charge >= 0.3 is 0 Å². The Labute approximate surface area is 121 Å². The first-order chi connectivity index (χ1) is 9.41. The van der Waals surface area contributed by atoms with Crippen molar-refractivity contribution in [3.63, 3.8) is 0 Å². The molecule has 8 heteroatoms. The molecule has 2 aliphatic heterocycles. The summed E-state index contributed by atoms with van der Waals surface area (Å²) < 4.78 is 0. The zero-order chi connectivity index (χ0) is 15.0. The summed E-state index contributed by atoms with van der Waals surface area (Å²) >= 11 is 1.56. The second kappa shape index (κ2) is 5.51. The number of fused-ring (bicyclic) bond motifs is 1. The summed E-state index contributed by atoms with van der Waals surface area (Å²) in [5, 5.41) is 30.2. The van der Waals surface area contributed by atoms with Gasteiger partial charge in [-0.2, -0.15) is 0 Å². The van der Waals surface area contributed by atoms with E-state index in [1.54, 1.807) is 16.7 Å². The molecular formula is C12H20N2O5S. The Morgan fingerprint density at radius 1 is 1.45 bits per heavy atom. The standard InChI is InChI=1S/C12H20N2O5S/c1-11-3-2-9(18)14(11)8(4-20-11)10(19)13-12(5-15,6-16)7-17/h8,15-17H,2-7H2,1H3,(H,13,19). The first kappa shape index (κ1) is 15.6. The molecule has 114 valence electrons. The topological polar surface area (TPSA) is 110 Å². The van der Waals surface area contributed by atoms with E-state index in [1.807, 2.05) is 6.92 Å². The third-order valence-corrected chi connectivity index (χ3v) is 5.55. The highest BCUT2D eigenvalue weighted by atomic mass is 32.2. The molecular weight excluding hydrogens is 284 g/mol. The van der Waals surface area contributed by atoms with Gasteiger partial charge in [-0.1, -0.05) is 0 Å². The third kappa shape index (κ3) is 2.41. The zero-order valence-electron chi connectivity index (χ0n) is 11.3. The predicted octanol–water partition coefficient (Wildman–Crippen LogP) is -1.73. The molecule has 7 nitrogen and oxygen atoms in total. The maximum atomic E-state index is 12.3. The van der Waals surface area contributed by atoms with Crippen LogP contribution in [-0.4, -0.2) is 74.1 Å². The van der Waals surface area contributed by atoms with E-state index in [2.05, 4.69) is 5.32 Å². The quantitative estimate of drug-likeness (QED) is 0.481. The lowest BCUT2D eigenvalue weighted by atomic mass is 10.0. The highest BCUT2D eigenvalue weighted by Gasteiger charge is 2.53. The van der Waals surface area contributed by atoms with Crippen LogP contribution in [0.3, 0.4) is 0 Å². The molecule has 0 bridgehead atoms. The van der Waals surface area contributed by atoms with Crippen molar-refractivity contribution in [2.45, 2.75) is 36.2 Å². The van der Waals surface area contributed by atoms with Gasteiger partial charge in [-0.3, -0.25) is 9.59 Å². The van der Waals surface area contributed by atoms with Crippen molar-refractivity contribution in [1.82, 2.24) is 10.2 Å². The Morgan fingerprint density at radius 3 is 2.60 bits per heavy atom. The number of hydrogen-bond donors (Lipinski definition) is 4. The van der Waals surface area contributed by atoms with E-state index in [0.29, 0.717) is 18.6 Å². The Morgan fingerprint density at radius 2 is 2.05 bits per heavy atom. The second-order valence-corrected chi connectivity index (χ2v) is 7.01. The van der Waals surface area contributed by atoms with Crippen LogP contribution >= 0.6 is 11.8 Å². The summed E-state index contributed by atoms with van der Waals surface area (Å²) in [6.45, 7) is 0.220. The van der Waals surface area contributed by atoms with Crippen LogP contribution in [0.4, 0.5) is 0 Å². The van der Waals surface area contributed by atoms with Crippen LogP contribution in [0.15, 0.2) is 0 Å². The van der Waals surface area contributed by atoms with Crippen LogP contribution in [0.1, 0.15) is 19.8 Å². The first-order valence-electron chi connectivity index (χ1n) is 6.52. The molecule has 2 saturated heterocycles. The van der Waals surface area contributed by atoms with Gasteiger partial charge in [0.05, 0.1) is 24.7 Å². The fourth-order valence-electron chi connectivity index (χ4n) is 2.63. The van der Waals surface area contributed by atoms with Crippen LogP contribution in [-0.2, 0) is 9.59 Å². The van der Waals surface area contributed by atoms with E-state index in [0.717, 1.165) is 0 Å². The van der Waals surface area contributed by atoms with Crippen LogP contribution in [0, 0.1) is 0 Å². The van der Waals surface area contributed by atoms with Gasteiger partial charge in [0.2, 0.25) is 11.8 Å². The van der Waals surface area contributed by atoms with E-state index in [4.69, 9.17) is 0 Å². The van der Waals surface area contributed by atoms with Crippen molar-refractivity contribution in [1.29, 1.82) is 0 Å². The van der Waals surface area contributed by atoms with Gasteiger partial charge in [0.1, 0.15) is 11.6 Å². The third-order valence-electron chi connectivity index (χ3n) is 4.04. The molecule has 0 aromatic heterocycles. The summed E-state index contributed by atoms with van der Waals surface area (Å²) in [7, 11) is 0. The maximum absolute atomic E-state index is 12.3. The number of carbonyl (C=O) groups is 2. The maximum Gasteiger partial charge on any atom is 0.244 e. The van der Waals surface area contributed by atoms with Gasteiger partial charge in [0.25, 0.3) is 0 Å². The number of hydrogen-bond acceptors (Lipinski definition) is 6. The summed E-state index contributed by atoms with van der Waals surface area (Å²) in [6, 6.07) is -0.621. The molecule has 2 fully saturated rings. The van der Waals surface area contributed by atoms with Gasteiger partial charge in [0, 0.05) is 12.2 Å². The highest BCUT2D eigenvalue weighted by molar-refractivity contribution is 8.01. The molecule has 4 N–H and O–H groups in total. The average molecular weight is 304 g/mol. The fourth-order valence-corrected chi connectivity index (χ4v) is 4.06. The molecule has 0 aliphatic carbocycles. The summed E-state index contributed by atoms with van der Waals surface area (Å²) in [5.41, 5.74) is -1.45. The van der Waals surface area contributed by atoms with E-state index in [1.165, 1.54) is 0 Å². The lowest BCUT2D eigenvalue weighted by Gasteiger charge is -2.33. The van der Waals surface area contributed by atoms with Crippen molar-refractivity contribution in [2.75, 3.05) is 25.6 Å². The van der Waals surface area contributed by atoms with Gasteiger partial charge < -0.3 is 25.5 Å². The average Bonchev–Trinajstić information content (AvgIpc) is 2.93. The number of thioether (sulfide) groups is 1.